The van der Waals surface area contributed by atoms with Crippen LogP contribution in [0.3, 0.4) is 0 Å². The highest BCUT2D eigenvalue weighted by Crippen LogP contribution is 2.26. The van der Waals surface area contributed by atoms with Crippen LogP contribution >= 0.6 is 12.4 Å². The van der Waals surface area contributed by atoms with Gasteiger partial charge in [-0.15, -0.1) is 12.4 Å². The number of hydrogen-bond donors (Lipinski definition) is 3. The lowest BCUT2D eigenvalue weighted by Crippen LogP contribution is -2.30. The quantitative estimate of drug-likeness (QED) is 0.751. The highest BCUT2D eigenvalue weighted by Gasteiger charge is 2.18. The Balaban J connectivity index is 0.00000225. The largest absolute Gasteiger partial charge is 0.350 e. The Morgan fingerprint density at radius 1 is 1.28 bits per heavy atom. The molecule has 6 heteroatoms. The van der Waals surface area contributed by atoms with E-state index >= 15 is 0 Å². The summed E-state index contributed by atoms with van der Waals surface area (Å²) in [6, 6.07) is 6.03. The summed E-state index contributed by atoms with van der Waals surface area (Å²) in [5.41, 5.74) is 3.16. The first kappa shape index (κ1) is 19.7. The van der Waals surface area contributed by atoms with Crippen LogP contribution in [-0.4, -0.2) is 24.9 Å². The van der Waals surface area contributed by atoms with Gasteiger partial charge in [-0.1, -0.05) is 12.1 Å². The molecule has 0 bridgehead atoms. The van der Waals surface area contributed by atoms with E-state index in [9.17, 15) is 9.59 Å². The number of nitrogens with one attached hydrogen (secondary N) is 3. The van der Waals surface area contributed by atoms with Crippen molar-refractivity contribution in [2.45, 2.75) is 51.5 Å². The summed E-state index contributed by atoms with van der Waals surface area (Å²) >= 11 is 0. The summed E-state index contributed by atoms with van der Waals surface area (Å²) in [5, 5.41) is 9.36. The Hall–Kier alpha value is -1.59. The molecular formula is C19H28ClN3O2. The van der Waals surface area contributed by atoms with E-state index in [4.69, 9.17) is 0 Å². The molecule has 2 amide bonds. The minimum atomic E-state index is -0.00606. The molecule has 0 aliphatic carbocycles. The number of rotatable bonds is 5. The number of benzene rings is 1. The van der Waals surface area contributed by atoms with Crippen molar-refractivity contribution in [3.8, 4) is 0 Å². The van der Waals surface area contributed by atoms with Gasteiger partial charge in [0.15, 0.2) is 0 Å². The number of anilines is 1. The third kappa shape index (κ3) is 5.44. The fourth-order valence-corrected chi connectivity index (χ4v) is 3.58. The number of piperidine rings is 1. The average molecular weight is 366 g/mol. The molecule has 2 aliphatic rings. The first-order chi connectivity index (χ1) is 11.6. The molecule has 1 aromatic carbocycles. The van der Waals surface area contributed by atoms with E-state index in [1.54, 1.807) is 0 Å². The Kier molecular flexibility index (Phi) is 7.26. The van der Waals surface area contributed by atoms with E-state index in [2.05, 4.69) is 22.0 Å². The zero-order valence-electron chi connectivity index (χ0n) is 14.8. The van der Waals surface area contributed by atoms with Crippen molar-refractivity contribution in [1.82, 2.24) is 10.6 Å². The maximum Gasteiger partial charge on any atom is 0.224 e. The van der Waals surface area contributed by atoms with Crippen LogP contribution in [-0.2, 0) is 16.0 Å². The number of carbonyl (C=O) groups excluding carboxylic acids is 2. The van der Waals surface area contributed by atoms with Crippen molar-refractivity contribution >= 4 is 29.9 Å². The Morgan fingerprint density at radius 3 is 2.80 bits per heavy atom. The number of fused-ring (bicyclic) bond motifs is 1. The van der Waals surface area contributed by atoms with Gasteiger partial charge in [-0.2, -0.15) is 0 Å². The first-order valence-electron chi connectivity index (χ1n) is 9.04. The van der Waals surface area contributed by atoms with Crippen molar-refractivity contribution < 1.29 is 9.59 Å². The van der Waals surface area contributed by atoms with Crippen LogP contribution in [0.25, 0.3) is 0 Å². The minimum absolute atomic E-state index is 0. The molecule has 0 radical (unpaired) electrons. The molecule has 2 heterocycles. The molecular weight excluding hydrogens is 338 g/mol. The van der Waals surface area contributed by atoms with Gasteiger partial charge in [0.2, 0.25) is 11.8 Å². The molecule has 5 nitrogen and oxygen atoms in total. The Labute approximate surface area is 155 Å². The van der Waals surface area contributed by atoms with E-state index < -0.39 is 0 Å². The zero-order valence-corrected chi connectivity index (χ0v) is 15.6. The van der Waals surface area contributed by atoms with Gasteiger partial charge in [-0.05, 0) is 68.8 Å². The van der Waals surface area contributed by atoms with Crippen LogP contribution in [0.15, 0.2) is 18.2 Å². The smallest absolute Gasteiger partial charge is 0.224 e. The Morgan fingerprint density at radius 2 is 2.04 bits per heavy atom. The average Bonchev–Trinajstić information content (AvgIpc) is 2.60. The van der Waals surface area contributed by atoms with Crippen LogP contribution in [0.5, 0.6) is 0 Å². The Bertz CT molecular complexity index is 615. The van der Waals surface area contributed by atoms with Crippen LogP contribution in [0, 0.1) is 5.92 Å². The topological polar surface area (TPSA) is 70.2 Å². The molecule has 2 aliphatic heterocycles. The van der Waals surface area contributed by atoms with E-state index in [1.807, 2.05) is 19.1 Å². The third-order valence-corrected chi connectivity index (χ3v) is 5.14. The van der Waals surface area contributed by atoms with Gasteiger partial charge in [-0.3, -0.25) is 9.59 Å². The molecule has 1 fully saturated rings. The van der Waals surface area contributed by atoms with E-state index in [1.165, 1.54) is 12.8 Å². The standard InChI is InChI=1S/C19H27N3O2.ClH/c1-13(21-18(23)6-2-14-8-10-20-11-9-14)15-3-5-17-16(12-15)4-7-19(24)22-17;/h3,5,12-14,20H,2,4,6-11H2,1H3,(H,21,23)(H,22,24);1H. The normalized spacial score (nSPS) is 18.5. The molecule has 0 saturated carbocycles. The molecule has 1 unspecified atom stereocenters. The van der Waals surface area contributed by atoms with Gasteiger partial charge >= 0.3 is 0 Å². The number of halogens is 1. The van der Waals surface area contributed by atoms with Crippen LogP contribution in [0.2, 0.25) is 0 Å². The second-order valence-electron chi connectivity index (χ2n) is 6.99. The van der Waals surface area contributed by atoms with Crippen molar-refractivity contribution in [2.24, 2.45) is 5.92 Å². The molecule has 1 aromatic rings. The number of aryl methyl sites for hydroxylation is 1. The lowest BCUT2D eigenvalue weighted by atomic mass is 9.93. The van der Waals surface area contributed by atoms with Gasteiger partial charge in [0.05, 0.1) is 6.04 Å². The summed E-state index contributed by atoms with van der Waals surface area (Å²) in [6.07, 6.45) is 5.25. The monoisotopic (exact) mass is 365 g/mol. The van der Waals surface area contributed by atoms with Crippen molar-refractivity contribution in [3.63, 3.8) is 0 Å². The molecule has 1 atom stereocenters. The van der Waals surface area contributed by atoms with E-state index in [0.29, 0.717) is 18.8 Å². The van der Waals surface area contributed by atoms with E-state index in [0.717, 1.165) is 42.7 Å². The predicted octanol–water partition coefficient (Wildman–Crippen LogP) is 2.95. The second-order valence-corrected chi connectivity index (χ2v) is 6.99. The van der Waals surface area contributed by atoms with Crippen LogP contribution < -0.4 is 16.0 Å². The summed E-state index contributed by atoms with van der Waals surface area (Å²) < 4.78 is 0. The second kappa shape index (κ2) is 9.20. The highest BCUT2D eigenvalue weighted by atomic mass is 35.5. The molecule has 3 rings (SSSR count). The lowest BCUT2D eigenvalue weighted by molar-refractivity contribution is -0.122. The van der Waals surface area contributed by atoms with Gasteiger partial charge < -0.3 is 16.0 Å². The van der Waals surface area contributed by atoms with Gasteiger partial charge in [-0.25, -0.2) is 0 Å². The van der Waals surface area contributed by atoms with Crippen molar-refractivity contribution in [3.05, 3.63) is 29.3 Å². The highest BCUT2D eigenvalue weighted by molar-refractivity contribution is 5.93. The lowest BCUT2D eigenvalue weighted by Gasteiger charge is -2.23. The van der Waals surface area contributed by atoms with Gasteiger partial charge in [0.25, 0.3) is 0 Å². The summed E-state index contributed by atoms with van der Waals surface area (Å²) in [4.78, 5) is 23.6. The molecule has 138 valence electrons. The SMILES string of the molecule is CC(NC(=O)CCC1CCNCC1)c1ccc2c(c1)CCC(=O)N2.Cl. The third-order valence-electron chi connectivity index (χ3n) is 5.14. The molecule has 0 spiro atoms. The van der Waals surface area contributed by atoms with E-state index in [-0.39, 0.29) is 30.3 Å². The van der Waals surface area contributed by atoms with Crippen molar-refractivity contribution in [1.29, 1.82) is 0 Å². The maximum absolute atomic E-state index is 12.2. The van der Waals surface area contributed by atoms with Gasteiger partial charge in [0, 0.05) is 18.5 Å². The fraction of sp³-hybridized carbons (Fsp3) is 0.579. The molecule has 0 aromatic heterocycles. The summed E-state index contributed by atoms with van der Waals surface area (Å²) in [6.45, 7) is 4.17. The molecule has 1 saturated heterocycles. The molecule has 25 heavy (non-hydrogen) atoms. The number of hydrogen-bond acceptors (Lipinski definition) is 3. The van der Waals surface area contributed by atoms with Crippen LogP contribution in [0.1, 0.15) is 56.2 Å². The summed E-state index contributed by atoms with van der Waals surface area (Å²) in [7, 11) is 0. The summed E-state index contributed by atoms with van der Waals surface area (Å²) in [5.74, 6) is 0.890. The first-order valence-corrected chi connectivity index (χ1v) is 9.04. The van der Waals surface area contributed by atoms with Crippen molar-refractivity contribution in [2.75, 3.05) is 18.4 Å². The minimum Gasteiger partial charge on any atom is -0.350 e. The predicted molar refractivity (Wildman–Crippen MR) is 102 cm³/mol. The fourth-order valence-electron chi connectivity index (χ4n) is 3.58. The van der Waals surface area contributed by atoms with Crippen LogP contribution in [0.4, 0.5) is 5.69 Å². The zero-order chi connectivity index (χ0) is 16.9. The molecule has 3 N–H and O–H groups in total. The number of amides is 2. The number of carbonyl (C=O) groups is 2. The van der Waals surface area contributed by atoms with Gasteiger partial charge in [0.1, 0.15) is 0 Å². The maximum atomic E-state index is 12.2.